The summed E-state index contributed by atoms with van der Waals surface area (Å²) >= 11 is 0. The van der Waals surface area contributed by atoms with Gasteiger partial charge in [0.05, 0.1) is 6.07 Å². The molecule has 0 spiro atoms. The lowest BCUT2D eigenvalue weighted by Crippen LogP contribution is -2.45. The fourth-order valence-electron chi connectivity index (χ4n) is 2.98. The number of hydrogen-bond acceptors (Lipinski definition) is 3. The third-order valence-electron chi connectivity index (χ3n) is 4.71. The van der Waals surface area contributed by atoms with Crippen molar-refractivity contribution in [3.8, 4) is 6.07 Å². The maximum atomic E-state index is 9.28. The van der Waals surface area contributed by atoms with Gasteiger partial charge in [-0.15, -0.1) is 0 Å². The van der Waals surface area contributed by atoms with E-state index in [1.54, 1.807) is 0 Å². The van der Waals surface area contributed by atoms with Gasteiger partial charge in [0.25, 0.3) is 0 Å². The van der Waals surface area contributed by atoms with E-state index in [1.165, 1.54) is 25.7 Å². The Bertz CT molecular complexity index is 308. The van der Waals surface area contributed by atoms with Gasteiger partial charge in [0.15, 0.2) is 0 Å². The molecule has 3 heteroatoms. The molecule has 1 saturated carbocycles. The van der Waals surface area contributed by atoms with Crippen LogP contribution in [0.25, 0.3) is 0 Å². The molecule has 1 aliphatic rings. The minimum Gasteiger partial charge on any atom is -0.303 e. The Hall–Kier alpha value is -0.590. The van der Waals surface area contributed by atoms with Crippen molar-refractivity contribution in [2.45, 2.75) is 71.4 Å². The van der Waals surface area contributed by atoms with Crippen LogP contribution in [0.4, 0.5) is 0 Å². The Morgan fingerprint density at radius 2 is 1.95 bits per heavy atom. The monoisotopic (exact) mass is 265 g/mol. The molecule has 0 aromatic heterocycles. The average Bonchev–Trinajstić information content (AvgIpc) is 2.36. The van der Waals surface area contributed by atoms with Gasteiger partial charge >= 0.3 is 0 Å². The minimum absolute atomic E-state index is 0.378. The van der Waals surface area contributed by atoms with Crippen molar-refractivity contribution in [1.82, 2.24) is 10.2 Å². The van der Waals surface area contributed by atoms with Crippen molar-refractivity contribution < 1.29 is 0 Å². The zero-order valence-electron chi connectivity index (χ0n) is 13.4. The Kier molecular flexibility index (Phi) is 5.82. The molecule has 0 bridgehead atoms. The van der Waals surface area contributed by atoms with E-state index in [4.69, 9.17) is 0 Å². The lowest BCUT2D eigenvalue weighted by molar-refractivity contribution is 0.122. The number of nitrogens with zero attached hydrogens (tertiary/aromatic N) is 2. The molecular formula is C16H31N3. The summed E-state index contributed by atoms with van der Waals surface area (Å²) in [6, 6.07) is 3.12. The van der Waals surface area contributed by atoms with E-state index in [-0.39, 0.29) is 5.54 Å². The standard InChI is InChI=1S/C16H31N3/c1-6-18-16(4,13-17)11-12-19(5)14-7-9-15(2,3)10-8-14/h14,18H,6-12H2,1-5H3. The lowest BCUT2D eigenvalue weighted by atomic mass is 9.75. The van der Waals surface area contributed by atoms with Crippen LogP contribution in [-0.4, -0.2) is 36.6 Å². The zero-order valence-corrected chi connectivity index (χ0v) is 13.4. The molecular weight excluding hydrogens is 234 g/mol. The van der Waals surface area contributed by atoms with Gasteiger partial charge in [-0.3, -0.25) is 5.32 Å². The fourth-order valence-corrected chi connectivity index (χ4v) is 2.98. The molecule has 0 saturated heterocycles. The molecule has 0 aromatic rings. The van der Waals surface area contributed by atoms with Crippen LogP contribution in [0.2, 0.25) is 0 Å². The highest BCUT2D eigenvalue weighted by Gasteiger charge is 2.30. The molecule has 1 aliphatic carbocycles. The fraction of sp³-hybridized carbons (Fsp3) is 0.938. The highest BCUT2D eigenvalue weighted by atomic mass is 15.1. The normalized spacial score (nSPS) is 23.0. The first-order chi connectivity index (χ1) is 8.82. The van der Waals surface area contributed by atoms with Gasteiger partial charge in [-0.05, 0) is 58.0 Å². The summed E-state index contributed by atoms with van der Waals surface area (Å²) < 4.78 is 0. The summed E-state index contributed by atoms with van der Waals surface area (Å²) in [6.07, 6.45) is 6.14. The van der Waals surface area contributed by atoms with Crippen LogP contribution in [0.3, 0.4) is 0 Å². The first-order valence-electron chi connectivity index (χ1n) is 7.68. The lowest BCUT2D eigenvalue weighted by Gasteiger charge is -2.39. The maximum absolute atomic E-state index is 9.28. The molecule has 0 aliphatic heterocycles. The Morgan fingerprint density at radius 1 is 1.37 bits per heavy atom. The summed E-state index contributed by atoms with van der Waals surface area (Å²) in [6.45, 7) is 10.7. The van der Waals surface area contributed by atoms with Gasteiger partial charge in [0.2, 0.25) is 0 Å². The molecule has 1 unspecified atom stereocenters. The van der Waals surface area contributed by atoms with E-state index in [0.717, 1.165) is 19.5 Å². The molecule has 3 nitrogen and oxygen atoms in total. The molecule has 0 amide bonds. The van der Waals surface area contributed by atoms with Gasteiger partial charge in [-0.1, -0.05) is 20.8 Å². The van der Waals surface area contributed by atoms with Crippen LogP contribution in [0.1, 0.15) is 59.8 Å². The maximum Gasteiger partial charge on any atom is 0.105 e. The molecule has 19 heavy (non-hydrogen) atoms. The summed E-state index contributed by atoms with van der Waals surface area (Å²) in [5.41, 5.74) is 0.152. The summed E-state index contributed by atoms with van der Waals surface area (Å²) in [7, 11) is 2.22. The predicted molar refractivity (Wildman–Crippen MR) is 81.0 cm³/mol. The Morgan fingerprint density at radius 3 is 2.42 bits per heavy atom. The van der Waals surface area contributed by atoms with Gasteiger partial charge in [-0.2, -0.15) is 5.26 Å². The smallest absolute Gasteiger partial charge is 0.105 e. The van der Waals surface area contributed by atoms with Crippen molar-refractivity contribution in [2.75, 3.05) is 20.1 Å². The quantitative estimate of drug-likeness (QED) is 0.802. The van der Waals surface area contributed by atoms with Crippen LogP contribution in [0.15, 0.2) is 0 Å². The average molecular weight is 265 g/mol. The molecule has 0 aromatic carbocycles. The van der Waals surface area contributed by atoms with Crippen molar-refractivity contribution >= 4 is 0 Å². The highest BCUT2D eigenvalue weighted by molar-refractivity contribution is 5.03. The summed E-state index contributed by atoms with van der Waals surface area (Å²) in [4.78, 5) is 2.46. The van der Waals surface area contributed by atoms with Gasteiger partial charge < -0.3 is 4.90 Å². The van der Waals surface area contributed by atoms with E-state index in [9.17, 15) is 5.26 Å². The second-order valence-corrected chi connectivity index (χ2v) is 7.10. The number of nitriles is 1. The molecule has 110 valence electrons. The SMILES string of the molecule is CCNC(C)(C#N)CCN(C)C1CCC(C)(C)CC1. The number of rotatable bonds is 6. The molecule has 0 radical (unpaired) electrons. The van der Waals surface area contributed by atoms with E-state index in [2.05, 4.69) is 44.1 Å². The first-order valence-corrected chi connectivity index (χ1v) is 7.68. The van der Waals surface area contributed by atoms with Gasteiger partial charge in [0, 0.05) is 12.6 Å². The van der Waals surface area contributed by atoms with Crippen molar-refractivity contribution in [1.29, 1.82) is 5.26 Å². The summed E-state index contributed by atoms with van der Waals surface area (Å²) in [5, 5.41) is 12.6. The van der Waals surface area contributed by atoms with Crippen LogP contribution in [0.5, 0.6) is 0 Å². The van der Waals surface area contributed by atoms with Crippen LogP contribution in [-0.2, 0) is 0 Å². The van der Waals surface area contributed by atoms with E-state index in [1.807, 2.05) is 6.92 Å². The summed E-state index contributed by atoms with van der Waals surface area (Å²) in [5.74, 6) is 0. The zero-order chi connectivity index (χ0) is 14.5. The predicted octanol–water partition coefficient (Wildman–Crippen LogP) is 3.17. The van der Waals surface area contributed by atoms with Crippen LogP contribution >= 0.6 is 0 Å². The van der Waals surface area contributed by atoms with Gasteiger partial charge in [-0.25, -0.2) is 0 Å². The van der Waals surface area contributed by atoms with Crippen molar-refractivity contribution in [3.05, 3.63) is 0 Å². The van der Waals surface area contributed by atoms with Gasteiger partial charge in [0.1, 0.15) is 5.54 Å². The van der Waals surface area contributed by atoms with Crippen molar-refractivity contribution in [2.24, 2.45) is 5.41 Å². The largest absolute Gasteiger partial charge is 0.303 e. The second-order valence-electron chi connectivity index (χ2n) is 7.10. The Labute approximate surface area is 119 Å². The Balaban J connectivity index is 2.40. The molecule has 1 N–H and O–H groups in total. The van der Waals surface area contributed by atoms with E-state index in [0.29, 0.717) is 11.5 Å². The highest BCUT2D eigenvalue weighted by Crippen LogP contribution is 2.36. The topological polar surface area (TPSA) is 39.1 Å². The molecule has 1 fully saturated rings. The van der Waals surface area contributed by atoms with Crippen LogP contribution in [0, 0.1) is 16.7 Å². The molecule has 1 rings (SSSR count). The number of hydrogen-bond donors (Lipinski definition) is 1. The first kappa shape index (κ1) is 16.5. The molecule has 1 atom stereocenters. The molecule has 0 heterocycles. The third-order valence-corrected chi connectivity index (χ3v) is 4.71. The van der Waals surface area contributed by atoms with Crippen molar-refractivity contribution in [3.63, 3.8) is 0 Å². The second kappa shape index (κ2) is 6.72. The minimum atomic E-state index is -0.378. The number of nitrogens with one attached hydrogen (secondary N) is 1. The third kappa shape index (κ3) is 5.12. The van der Waals surface area contributed by atoms with E-state index >= 15 is 0 Å². The van der Waals surface area contributed by atoms with E-state index < -0.39 is 0 Å². The van der Waals surface area contributed by atoms with Crippen LogP contribution < -0.4 is 5.32 Å².